The maximum absolute atomic E-state index is 11.4. The van der Waals surface area contributed by atoms with E-state index >= 15 is 0 Å². The van der Waals surface area contributed by atoms with Crippen LogP contribution in [0, 0.1) is 12.8 Å². The summed E-state index contributed by atoms with van der Waals surface area (Å²) in [5.41, 5.74) is 0. The Kier molecular flexibility index (Phi) is 4.75. The van der Waals surface area contributed by atoms with Gasteiger partial charge in [-0.15, -0.1) is 0 Å². The number of carbonyl (C=O) groups is 2. The van der Waals surface area contributed by atoms with Gasteiger partial charge in [0, 0.05) is 12.4 Å². The zero-order chi connectivity index (χ0) is 12.8. The Bertz CT molecular complexity index is 397. The van der Waals surface area contributed by atoms with Crippen LogP contribution >= 0.6 is 0 Å². The summed E-state index contributed by atoms with van der Waals surface area (Å²) in [5, 5.41) is 13.0. The summed E-state index contributed by atoms with van der Waals surface area (Å²) in [4.78, 5) is 21.8. The Balaban J connectivity index is 2.28. The molecule has 1 heterocycles. The third-order valence-corrected chi connectivity index (χ3v) is 2.30. The van der Waals surface area contributed by atoms with Crippen molar-refractivity contribution in [2.24, 2.45) is 5.92 Å². The van der Waals surface area contributed by atoms with Gasteiger partial charge in [0.25, 0.3) is 0 Å². The van der Waals surface area contributed by atoms with E-state index in [4.69, 9.17) is 4.42 Å². The molecule has 1 N–H and O–H groups in total. The van der Waals surface area contributed by atoms with Crippen molar-refractivity contribution in [3.8, 4) is 0 Å². The maximum atomic E-state index is 11.4. The molecule has 0 fully saturated rings. The standard InChI is InChI=1S/C12H17NO4/c1-8(6-12(15)16)5-11(14)13-7-10-4-3-9(2)17-10/h3-4,8H,5-7H2,1-2H3,(H,13,14)(H,15,16)/p-1/t8-/m1/s1. The number of hydrogen-bond donors (Lipinski definition) is 1. The van der Waals surface area contributed by atoms with Crippen LogP contribution in [0.3, 0.4) is 0 Å². The normalized spacial score (nSPS) is 12.1. The molecule has 0 spiro atoms. The molecular weight excluding hydrogens is 222 g/mol. The Hall–Kier alpha value is -1.78. The lowest BCUT2D eigenvalue weighted by atomic mass is 10.0. The van der Waals surface area contributed by atoms with Gasteiger partial charge in [-0.3, -0.25) is 4.79 Å². The van der Waals surface area contributed by atoms with E-state index in [-0.39, 0.29) is 24.7 Å². The number of carboxylic acid groups (broad SMARTS) is 1. The Morgan fingerprint density at radius 3 is 2.65 bits per heavy atom. The summed E-state index contributed by atoms with van der Waals surface area (Å²) in [7, 11) is 0. The van der Waals surface area contributed by atoms with Gasteiger partial charge in [0.05, 0.1) is 6.54 Å². The van der Waals surface area contributed by atoms with Crippen LogP contribution in [0.5, 0.6) is 0 Å². The van der Waals surface area contributed by atoms with Gasteiger partial charge in [-0.2, -0.15) is 0 Å². The van der Waals surface area contributed by atoms with Gasteiger partial charge in [0.2, 0.25) is 5.91 Å². The minimum absolute atomic E-state index is 0.104. The zero-order valence-electron chi connectivity index (χ0n) is 9.99. The minimum Gasteiger partial charge on any atom is -0.550 e. The summed E-state index contributed by atoms with van der Waals surface area (Å²) in [6.07, 6.45) is 0.0704. The molecule has 0 aliphatic rings. The van der Waals surface area contributed by atoms with Gasteiger partial charge in [-0.05, 0) is 31.4 Å². The van der Waals surface area contributed by atoms with Crippen LogP contribution in [-0.4, -0.2) is 11.9 Å². The van der Waals surface area contributed by atoms with E-state index in [9.17, 15) is 14.7 Å². The van der Waals surface area contributed by atoms with Crippen molar-refractivity contribution in [2.45, 2.75) is 33.2 Å². The fraction of sp³-hybridized carbons (Fsp3) is 0.500. The molecular formula is C12H16NO4-. The zero-order valence-corrected chi connectivity index (χ0v) is 9.99. The second-order valence-corrected chi connectivity index (χ2v) is 4.17. The maximum Gasteiger partial charge on any atom is 0.220 e. The van der Waals surface area contributed by atoms with Crippen molar-refractivity contribution in [3.05, 3.63) is 23.7 Å². The third-order valence-electron chi connectivity index (χ3n) is 2.30. The van der Waals surface area contributed by atoms with E-state index in [0.29, 0.717) is 12.3 Å². The lowest BCUT2D eigenvalue weighted by molar-refractivity contribution is -0.306. The first-order chi connectivity index (χ1) is 7.97. The average molecular weight is 238 g/mol. The van der Waals surface area contributed by atoms with Crippen LogP contribution in [0.15, 0.2) is 16.5 Å². The second kappa shape index (κ2) is 6.08. The molecule has 1 rings (SSSR count). The summed E-state index contributed by atoms with van der Waals surface area (Å²) in [6, 6.07) is 3.61. The largest absolute Gasteiger partial charge is 0.550 e. The molecule has 0 unspecified atom stereocenters. The van der Waals surface area contributed by atoms with Crippen molar-refractivity contribution in [2.75, 3.05) is 0 Å². The number of aryl methyl sites for hydroxylation is 1. The van der Waals surface area contributed by atoms with Crippen molar-refractivity contribution in [1.29, 1.82) is 0 Å². The molecule has 94 valence electrons. The minimum atomic E-state index is -1.13. The fourth-order valence-corrected chi connectivity index (χ4v) is 1.51. The van der Waals surface area contributed by atoms with Gasteiger partial charge in [-0.25, -0.2) is 0 Å². The topological polar surface area (TPSA) is 82.4 Å². The number of hydrogen-bond acceptors (Lipinski definition) is 4. The van der Waals surface area contributed by atoms with E-state index in [1.807, 2.05) is 13.0 Å². The Labute approximate surface area is 99.8 Å². The third kappa shape index (κ3) is 5.19. The van der Waals surface area contributed by atoms with Gasteiger partial charge in [0.15, 0.2) is 0 Å². The molecule has 17 heavy (non-hydrogen) atoms. The van der Waals surface area contributed by atoms with Crippen LogP contribution in [0.1, 0.15) is 31.3 Å². The summed E-state index contributed by atoms with van der Waals surface area (Å²) in [5.74, 6) is -0.0685. The van der Waals surface area contributed by atoms with Crippen molar-refractivity contribution < 1.29 is 19.1 Å². The molecule has 1 atom stereocenters. The number of amides is 1. The first kappa shape index (κ1) is 13.3. The fourth-order valence-electron chi connectivity index (χ4n) is 1.51. The molecule has 5 heteroatoms. The van der Waals surface area contributed by atoms with E-state index < -0.39 is 5.97 Å². The first-order valence-corrected chi connectivity index (χ1v) is 5.49. The van der Waals surface area contributed by atoms with Gasteiger partial charge >= 0.3 is 0 Å². The highest BCUT2D eigenvalue weighted by Crippen LogP contribution is 2.08. The monoisotopic (exact) mass is 238 g/mol. The molecule has 1 aromatic rings. The lowest BCUT2D eigenvalue weighted by Crippen LogP contribution is -2.28. The highest BCUT2D eigenvalue weighted by Gasteiger charge is 2.09. The molecule has 5 nitrogen and oxygen atoms in total. The predicted octanol–water partition coefficient (Wildman–Crippen LogP) is 0.370. The number of rotatable bonds is 6. The smallest absolute Gasteiger partial charge is 0.220 e. The van der Waals surface area contributed by atoms with Gasteiger partial charge < -0.3 is 19.6 Å². The average Bonchev–Trinajstić information content (AvgIpc) is 2.59. The molecule has 0 saturated heterocycles. The number of nitrogens with one attached hydrogen (secondary N) is 1. The lowest BCUT2D eigenvalue weighted by Gasteiger charge is -2.11. The van der Waals surface area contributed by atoms with E-state index in [1.54, 1.807) is 13.0 Å². The molecule has 0 bridgehead atoms. The molecule has 0 aliphatic heterocycles. The Morgan fingerprint density at radius 2 is 2.12 bits per heavy atom. The van der Waals surface area contributed by atoms with Gasteiger partial charge in [0.1, 0.15) is 11.5 Å². The van der Waals surface area contributed by atoms with Gasteiger partial charge in [-0.1, -0.05) is 6.92 Å². The number of carboxylic acids is 1. The molecule has 0 aliphatic carbocycles. The van der Waals surface area contributed by atoms with Crippen LogP contribution in [0.25, 0.3) is 0 Å². The van der Waals surface area contributed by atoms with Crippen molar-refractivity contribution >= 4 is 11.9 Å². The summed E-state index contributed by atoms with van der Waals surface area (Å²) in [6.45, 7) is 3.85. The highest BCUT2D eigenvalue weighted by atomic mass is 16.4. The molecule has 1 amide bonds. The van der Waals surface area contributed by atoms with E-state index in [2.05, 4.69) is 5.32 Å². The van der Waals surface area contributed by atoms with Crippen LogP contribution in [0.4, 0.5) is 0 Å². The van der Waals surface area contributed by atoms with E-state index in [0.717, 1.165) is 5.76 Å². The SMILES string of the molecule is Cc1ccc(CNC(=O)C[C@@H](C)CC(=O)[O-])o1. The molecule has 0 radical (unpaired) electrons. The molecule has 1 aromatic heterocycles. The predicted molar refractivity (Wildman–Crippen MR) is 58.7 cm³/mol. The van der Waals surface area contributed by atoms with Crippen LogP contribution in [-0.2, 0) is 16.1 Å². The summed E-state index contributed by atoms with van der Waals surface area (Å²) < 4.78 is 5.28. The number of aliphatic carboxylic acids is 1. The van der Waals surface area contributed by atoms with Crippen molar-refractivity contribution in [3.63, 3.8) is 0 Å². The van der Waals surface area contributed by atoms with Crippen molar-refractivity contribution in [1.82, 2.24) is 5.32 Å². The molecule has 0 aromatic carbocycles. The number of furan rings is 1. The van der Waals surface area contributed by atoms with Crippen LogP contribution < -0.4 is 10.4 Å². The molecule has 0 saturated carbocycles. The summed E-state index contributed by atoms with van der Waals surface area (Å²) >= 11 is 0. The first-order valence-electron chi connectivity index (χ1n) is 5.49. The van der Waals surface area contributed by atoms with E-state index in [1.165, 1.54) is 0 Å². The highest BCUT2D eigenvalue weighted by molar-refractivity contribution is 5.76. The Morgan fingerprint density at radius 1 is 1.41 bits per heavy atom. The van der Waals surface area contributed by atoms with Crippen LogP contribution in [0.2, 0.25) is 0 Å². The number of carbonyl (C=O) groups excluding carboxylic acids is 2. The quantitative estimate of drug-likeness (QED) is 0.776. The second-order valence-electron chi connectivity index (χ2n) is 4.17.